The molecule has 0 aliphatic carbocycles. The van der Waals surface area contributed by atoms with Gasteiger partial charge in [-0.2, -0.15) is 0 Å². The van der Waals surface area contributed by atoms with Crippen LogP contribution < -0.4 is 5.90 Å². The van der Waals surface area contributed by atoms with Gasteiger partial charge in [0.2, 0.25) is 0 Å². The van der Waals surface area contributed by atoms with Gasteiger partial charge in [0.15, 0.2) is 0 Å². The molecule has 0 aromatic heterocycles. The van der Waals surface area contributed by atoms with E-state index in [1.54, 1.807) is 0 Å². The zero-order chi connectivity index (χ0) is 4.28. The van der Waals surface area contributed by atoms with Crippen LogP contribution in [0.2, 0.25) is 0 Å². The molecule has 0 aliphatic heterocycles. The summed E-state index contributed by atoms with van der Waals surface area (Å²) in [7, 11) is 0. The van der Waals surface area contributed by atoms with Crippen LogP contribution in [0, 0.1) is 0 Å². The van der Waals surface area contributed by atoms with E-state index in [9.17, 15) is 0 Å². The summed E-state index contributed by atoms with van der Waals surface area (Å²) in [6.45, 7) is 0. The van der Waals surface area contributed by atoms with E-state index < -0.39 is 11.4 Å². The summed E-state index contributed by atoms with van der Waals surface area (Å²) in [5.74, 6) is 4.06. The van der Waals surface area contributed by atoms with E-state index in [-0.39, 0.29) is 32.7 Å². The smallest absolute Gasteiger partial charge is 0.105 e. The molecule has 4 nitrogen and oxygen atoms in total. The minimum Gasteiger partial charge on any atom is -0.748 e. The Morgan fingerprint density at radius 2 is 2.00 bits per heavy atom. The van der Waals surface area contributed by atoms with Crippen LogP contribution in [0.15, 0.2) is 0 Å². The fourth-order valence-corrected chi connectivity index (χ4v) is 0. The summed E-state index contributed by atoms with van der Waals surface area (Å²) >= 11 is -2.54. The topological polar surface area (TPSA) is 75.4 Å². The zero-order valence-electron chi connectivity index (χ0n) is 2.79. The molecule has 0 saturated carbocycles. The van der Waals surface area contributed by atoms with Gasteiger partial charge in [0.1, 0.15) is 11.4 Å². The molecular formula is H2NO3SY-. The van der Waals surface area contributed by atoms with Gasteiger partial charge in [-0.05, 0) is 0 Å². The molecule has 0 aromatic carbocycles. The van der Waals surface area contributed by atoms with E-state index in [0.717, 1.165) is 0 Å². The fourth-order valence-electron chi connectivity index (χ4n) is 0. The van der Waals surface area contributed by atoms with Gasteiger partial charge >= 0.3 is 0 Å². The molecule has 1 atom stereocenters. The van der Waals surface area contributed by atoms with Gasteiger partial charge in [-0.3, -0.25) is 0 Å². The van der Waals surface area contributed by atoms with E-state index in [1.807, 2.05) is 0 Å². The van der Waals surface area contributed by atoms with Crippen molar-refractivity contribution in [2.45, 2.75) is 0 Å². The molecule has 0 heterocycles. The second-order valence-corrected chi connectivity index (χ2v) is 0.901. The summed E-state index contributed by atoms with van der Waals surface area (Å²) in [6.07, 6.45) is 0. The minimum absolute atomic E-state index is 0. The van der Waals surface area contributed by atoms with Gasteiger partial charge < -0.3 is 4.55 Å². The average Bonchev–Trinajstić information content (AvgIpc) is 1.38. The molecule has 0 aromatic rings. The van der Waals surface area contributed by atoms with Crippen molar-refractivity contribution in [2.75, 3.05) is 0 Å². The third-order valence-electron chi connectivity index (χ3n) is 0.0786. The van der Waals surface area contributed by atoms with Crippen molar-refractivity contribution in [1.29, 1.82) is 0 Å². The van der Waals surface area contributed by atoms with E-state index in [1.165, 1.54) is 0 Å². The fraction of sp³-hybridized carbons (Fsp3) is 0. The third kappa shape index (κ3) is 8.93. The first kappa shape index (κ1) is 10.2. The second-order valence-electron chi connectivity index (χ2n) is 0.300. The standard InChI is InChI=1S/H3NO3S.Y/c1-4-5(2)3;/h1H2,(H,2,3);/p-1. The van der Waals surface area contributed by atoms with Crippen molar-refractivity contribution in [3.05, 3.63) is 0 Å². The van der Waals surface area contributed by atoms with Crippen LogP contribution in [0.1, 0.15) is 0 Å². The maximum Gasteiger partial charge on any atom is 0.105 e. The molecule has 0 amide bonds. The third-order valence-corrected chi connectivity index (χ3v) is 0.236. The Hall–Kier alpha value is 1.13. The molecule has 0 fully saturated rings. The number of hydrogen-bond acceptors (Lipinski definition) is 4. The van der Waals surface area contributed by atoms with Crippen LogP contribution in [0.3, 0.4) is 0 Å². The normalized spacial score (nSPS) is 12.3. The Morgan fingerprint density at radius 1 is 1.83 bits per heavy atom. The number of rotatable bonds is 1. The summed E-state index contributed by atoms with van der Waals surface area (Å²) < 4.78 is 21.2. The van der Waals surface area contributed by atoms with Crippen molar-refractivity contribution < 1.29 is 45.8 Å². The SMILES string of the molecule is NOS(=O)[O-].[Y]. The van der Waals surface area contributed by atoms with Gasteiger partial charge in [-0.25, -0.2) is 14.4 Å². The summed E-state index contributed by atoms with van der Waals surface area (Å²) in [4.78, 5) is 0. The van der Waals surface area contributed by atoms with Crippen molar-refractivity contribution >= 4 is 11.4 Å². The monoisotopic (exact) mass is 185 g/mol. The van der Waals surface area contributed by atoms with Gasteiger partial charge in [0.05, 0.1) is 0 Å². The Morgan fingerprint density at radius 3 is 2.00 bits per heavy atom. The van der Waals surface area contributed by atoms with Gasteiger partial charge in [-0.1, -0.05) is 0 Å². The van der Waals surface area contributed by atoms with Gasteiger partial charge in [0, 0.05) is 32.7 Å². The molecule has 35 valence electrons. The molecular weight excluding hydrogens is 183 g/mol. The van der Waals surface area contributed by atoms with Crippen molar-refractivity contribution in [3.63, 3.8) is 0 Å². The van der Waals surface area contributed by atoms with Crippen molar-refractivity contribution in [2.24, 2.45) is 5.90 Å². The van der Waals surface area contributed by atoms with Gasteiger partial charge in [-0.15, -0.1) is 0 Å². The van der Waals surface area contributed by atoms with Gasteiger partial charge in [0.25, 0.3) is 0 Å². The molecule has 6 heteroatoms. The van der Waals surface area contributed by atoms with E-state index in [4.69, 9.17) is 8.76 Å². The van der Waals surface area contributed by atoms with Crippen LogP contribution in [0.25, 0.3) is 0 Å². The van der Waals surface area contributed by atoms with Crippen molar-refractivity contribution in [3.8, 4) is 0 Å². The first-order valence-electron chi connectivity index (χ1n) is 0.736. The second kappa shape index (κ2) is 6.13. The van der Waals surface area contributed by atoms with Crippen LogP contribution in [-0.4, -0.2) is 8.76 Å². The Bertz CT molecular complexity index is 46.1. The maximum atomic E-state index is 9.02. The average molecular weight is 185 g/mol. The molecule has 1 unspecified atom stereocenters. The van der Waals surface area contributed by atoms with Crippen molar-refractivity contribution in [1.82, 2.24) is 0 Å². The zero-order valence-corrected chi connectivity index (χ0v) is 6.44. The molecule has 0 spiro atoms. The quantitative estimate of drug-likeness (QED) is 0.405. The van der Waals surface area contributed by atoms with Crippen LogP contribution >= 0.6 is 0 Å². The molecule has 1 radical (unpaired) electrons. The molecule has 0 aliphatic rings. The van der Waals surface area contributed by atoms with Crippen LogP contribution in [0.4, 0.5) is 0 Å². The van der Waals surface area contributed by atoms with Crippen LogP contribution in [-0.2, 0) is 48.4 Å². The van der Waals surface area contributed by atoms with Crippen LogP contribution in [0.5, 0.6) is 0 Å². The summed E-state index contributed by atoms with van der Waals surface area (Å²) in [5.41, 5.74) is 0. The number of nitrogens with two attached hydrogens (primary N) is 1. The summed E-state index contributed by atoms with van der Waals surface area (Å²) in [6, 6.07) is 0. The Kier molecular flexibility index (Phi) is 10.4. The Labute approximate surface area is 62.8 Å². The van der Waals surface area contributed by atoms with E-state index in [2.05, 4.69) is 10.2 Å². The first-order valence-corrected chi connectivity index (χ1v) is 1.74. The first-order chi connectivity index (χ1) is 2.27. The molecule has 0 saturated heterocycles. The predicted molar refractivity (Wildman–Crippen MR) is 14.2 cm³/mol. The number of hydrogen-bond donors (Lipinski definition) is 1. The largest absolute Gasteiger partial charge is 0.748 e. The predicted octanol–water partition coefficient (Wildman–Crippen LogP) is -1.33. The molecule has 0 bridgehead atoms. The minimum atomic E-state index is -2.54. The maximum absolute atomic E-state index is 9.02. The Balaban J connectivity index is 0. The van der Waals surface area contributed by atoms with E-state index >= 15 is 0 Å². The molecule has 0 rings (SSSR count). The van der Waals surface area contributed by atoms with E-state index in [0.29, 0.717) is 0 Å². The summed E-state index contributed by atoms with van der Waals surface area (Å²) in [5, 5.41) is 0. The molecule has 2 N–H and O–H groups in total. The molecule has 6 heavy (non-hydrogen) atoms.